The first-order chi connectivity index (χ1) is 10.5. The molecule has 0 aliphatic rings. The maximum atomic E-state index is 12.7. The van der Waals surface area contributed by atoms with E-state index in [1.165, 1.54) is 10.5 Å². The van der Waals surface area contributed by atoms with Crippen LogP contribution in [0.25, 0.3) is 0 Å². The third-order valence-corrected chi connectivity index (χ3v) is 5.28. The summed E-state index contributed by atoms with van der Waals surface area (Å²) in [4.78, 5) is 4.28. The molecule has 0 aliphatic heterocycles. The maximum absolute atomic E-state index is 12.7. The topological polar surface area (TPSA) is 76.3 Å². The number of nitrogens with two attached hydrogens (primary N) is 1. The monoisotopic (exact) mass is 319 g/mol. The molecule has 22 heavy (non-hydrogen) atoms. The number of hydrogen-bond acceptors (Lipinski definition) is 4. The molecule has 0 amide bonds. The summed E-state index contributed by atoms with van der Waals surface area (Å²) in [7, 11) is -3.56. The fourth-order valence-corrected chi connectivity index (χ4v) is 3.55. The summed E-state index contributed by atoms with van der Waals surface area (Å²) in [5, 5.41) is 0. The lowest BCUT2D eigenvalue weighted by atomic mass is 10.1. The van der Waals surface area contributed by atoms with E-state index in [0.29, 0.717) is 19.5 Å². The lowest BCUT2D eigenvalue weighted by Crippen LogP contribution is -2.37. The van der Waals surface area contributed by atoms with Gasteiger partial charge in [0.2, 0.25) is 10.0 Å². The molecule has 118 valence electrons. The fourth-order valence-electron chi connectivity index (χ4n) is 2.15. The van der Waals surface area contributed by atoms with Gasteiger partial charge >= 0.3 is 0 Å². The van der Waals surface area contributed by atoms with Crippen molar-refractivity contribution in [3.63, 3.8) is 0 Å². The van der Waals surface area contributed by atoms with Crippen molar-refractivity contribution < 1.29 is 8.42 Å². The van der Waals surface area contributed by atoms with Crippen LogP contribution in [0, 0.1) is 6.92 Å². The molecule has 0 saturated heterocycles. The molecule has 1 aromatic heterocycles. The Labute approximate surface area is 131 Å². The van der Waals surface area contributed by atoms with Crippen LogP contribution >= 0.6 is 0 Å². The zero-order chi connectivity index (χ0) is 16.0. The van der Waals surface area contributed by atoms with Gasteiger partial charge in [0, 0.05) is 31.5 Å². The first-order valence-corrected chi connectivity index (χ1v) is 8.65. The number of hydrogen-bond donors (Lipinski definition) is 1. The van der Waals surface area contributed by atoms with Crippen LogP contribution < -0.4 is 5.73 Å². The van der Waals surface area contributed by atoms with Crippen molar-refractivity contribution in [2.75, 3.05) is 19.6 Å². The summed E-state index contributed by atoms with van der Waals surface area (Å²) in [5.41, 5.74) is 7.46. The SMILES string of the molecule is Cc1ccc(S(=O)(=O)N(CCN)CCc2ccccc2)cn1. The average molecular weight is 319 g/mol. The van der Waals surface area contributed by atoms with Gasteiger partial charge in [0.15, 0.2) is 0 Å². The van der Waals surface area contributed by atoms with Crippen LogP contribution in [0.3, 0.4) is 0 Å². The number of aryl methyl sites for hydroxylation is 1. The minimum Gasteiger partial charge on any atom is -0.329 e. The highest BCUT2D eigenvalue weighted by molar-refractivity contribution is 7.89. The third-order valence-electron chi connectivity index (χ3n) is 3.39. The predicted molar refractivity (Wildman–Crippen MR) is 86.9 cm³/mol. The van der Waals surface area contributed by atoms with E-state index in [1.54, 1.807) is 12.1 Å². The summed E-state index contributed by atoms with van der Waals surface area (Å²) in [6.45, 7) is 2.80. The van der Waals surface area contributed by atoms with Crippen molar-refractivity contribution in [1.29, 1.82) is 0 Å². The molecule has 0 saturated carbocycles. The van der Waals surface area contributed by atoms with E-state index < -0.39 is 10.0 Å². The van der Waals surface area contributed by atoms with E-state index in [1.807, 2.05) is 37.3 Å². The van der Waals surface area contributed by atoms with Gasteiger partial charge in [-0.2, -0.15) is 4.31 Å². The van der Waals surface area contributed by atoms with Gasteiger partial charge in [-0.3, -0.25) is 4.98 Å². The van der Waals surface area contributed by atoms with Gasteiger partial charge in [0.05, 0.1) is 0 Å². The molecule has 1 aromatic carbocycles. The first kappa shape index (κ1) is 16.6. The Bertz CT molecular complexity index is 685. The van der Waals surface area contributed by atoms with E-state index >= 15 is 0 Å². The van der Waals surface area contributed by atoms with Crippen LogP contribution in [-0.2, 0) is 16.4 Å². The number of aromatic nitrogens is 1. The van der Waals surface area contributed by atoms with Gasteiger partial charge in [0.25, 0.3) is 0 Å². The van der Waals surface area contributed by atoms with E-state index in [4.69, 9.17) is 5.73 Å². The number of nitrogens with zero attached hydrogens (tertiary/aromatic N) is 2. The highest BCUT2D eigenvalue weighted by atomic mass is 32.2. The second kappa shape index (κ2) is 7.49. The number of benzene rings is 1. The van der Waals surface area contributed by atoms with E-state index in [9.17, 15) is 8.42 Å². The smallest absolute Gasteiger partial charge is 0.244 e. The van der Waals surface area contributed by atoms with Crippen molar-refractivity contribution in [1.82, 2.24) is 9.29 Å². The molecule has 0 atom stereocenters. The Hall–Kier alpha value is -1.76. The lowest BCUT2D eigenvalue weighted by molar-refractivity contribution is 0.421. The second-order valence-corrected chi connectivity index (χ2v) is 7.00. The molecule has 0 radical (unpaired) electrons. The lowest BCUT2D eigenvalue weighted by Gasteiger charge is -2.21. The van der Waals surface area contributed by atoms with Crippen LogP contribution in [0.5, 0.6) is 0 Å². The summed E-state index contributed by atoms with van der Waals surface area (Å²) in [6.07, 6.45) is 2.05. The summed E-state index contributed by atoms with van der Waals surface area (Å²) in [5.74, 6) is 0. The summed E-state index contributed by atoms with van der Waals surface area (Å²) in [6, 6.07) is 13.1. The van der Waals surface area contributed by atoms with Crippen molar-refractivity contribution in [2.24, 2.45) is 5.73 Å². The number of pyridine rings is 1. The van der Waals surface area contributed by atoms with Gasteiger partial charge in [-0.25, -0.2) is 8.42 Å². The minimum atomic E-state index is -3.56. The van der Waals surface area contributed by atoms with Crippen molar-refractivity contribution in [3.8, 4) is 0 Å². The first-order valence-electron chi connectivity index (χ1n) is 7.21. The molecule has 6 heteroatoms. The van der Waals surface area contributed by atoms with Crippen molar-refractivity contribution in [3.05, 3.63) is 59.9 Å². The van der Waals surface area contributed by atoms with Crippen LogP contribution in [-0.4, -0.2) is 37.3 Å². The Kier molecular flexibility index (Phi) is 5.65. The highest BCUT2D eigenvalue weighted by Gasteiger charge is 2.23. The maximum Gasteiger partial charge on any atom is 0.244 e. The van der Waals surface area contributed by atoms with Crippen LogP contribution in [0.15, 0.2) is 53.6 Å². The zero-order valence-corrected chi connectivity index (χ0v) is 13.5. The highest BCUT2D eigenvalue weighted by Crippen LogP contribution is 2.15. The Balaban J connectivity index is 2.17. The van der Waals surface area contributed by atoms with Gasteiger partial charge in [0.1, 0.15) is 4.90 Å². The predicted octanol–water partition coefficient (Wildman–Crippen LogP) is 1.58. The molecule has 0 aliphatic carbocycles. The van der Waals surface area contributed by atoms with E-state index in [2.05, 4.69) is 4.98 Å². The largest absolute Gasteiger partial charge is 0.329 e. The summed E-state index contributed by atoms with van der Waals surface area (Å²) < 4.78 is 26.8. The van der Waals surface area contributed by atoms with E-state index in [0.717, 1.165) is 11.3 Å². The van der Waals surface area contributed by atoms with Crippen molar-refractivity contribution in [2.45, 2.75) is 18.2 Å². The molecule has 0 bridgehead atoms. The molecular weight excluding hydrogens is 298 g/mol. The normalized spacial score (nSPS) is 11.8. The Morgan fingerprint density at radius 3 is 2.41 bits per heavy atom. The molecule has 2 rings (SSSR count). The molecule has 0 spiro atoms. The van der Waals surface area contributed by atoms with Crippen LogP contribution in [0.4, 0.5) is 0 Å². The van der Waals surface area contributed by atoms with Crippen LogP contribution in [0.2, 0.25) is 0 Å². The molecule has 2 N–H and O–H groups in total. The molecule has 5 nitrogen and oxygen atoms in total. The molecule has 2 aromatic rings. The van der Waals surface area contributed by atoms with E-state index in [-0.39, 0.29) is 11.4 Å². The average Bonchev–Trinajstić information content (AvgIpc) is 2.52. The quantitative estimate of drug-likeness (QED) is 0.840. The molecule has 0 fully saturated rings. The standard InChI is InChI=1S/C16H21N3O2S/c1-14-7-8-16(13-18-14)22(20,21)19(12-10-17)11-9-15-5-3-2-4-6-15/h2-8,13H,9-12,17H2,1H3. The third kappa shape index (κ3) is 4.13. The zero-order valence-electron chi connectivity index (χ0n) is 12.6. The van der Waals surface area contributed by atoms with Gasteiger partial charge in [-0.05, 0) is 31.0 Å². The second-order valence-electron chi connectivity index (χ2n) is 5.06. The molecule has 0 unspecified atom stereocenters. The van der Waals surface area contributed by atoms with Gasteiger partial charge < -0.3 is 5.73 Å². The summed E-state index contributed by atoms with van der Waals surface area (Å²) >= 11 is 0. The number of sulfonamides is 1. The number of rotatable bonds is 7. The Morgan fingerprint density at radius 1 is 1.09 bits per heavy atom. The minimum absolute atomic E-state index is 0.208. The molecular formula is C16H21N3O2S. The Morgan fingerprint density at radius 2 is 1.82 bits per heavy atom. The van der Waals surface area contributed by atoms with Crippen molar-refractivity contribution >= 4 is 10.0 Å². The van der Waals surface area contributed by atoms with Crippen LogP contribution in [0.1, 0.15) is 11.3 Å². The molecule has 1 heterocycles. The van der Waals surface area contributed by atoms with Gasteiger partial charge in [-0.15, -0.1) is 0 Å². The fraction of sp³-hybridized carbons (Fsp3) is 0.312. The van der Waals surface area contributed by atoms with Gasteiger partial charge in [-0.1, -0.05) is 30.3 Å².